The number of hydrogen-bond donors (Lipinski definition) is 0. The second kappa shape index (κ2) is 7.86. The van der Waals surface area contributed by atoms with Crippen molar-refractivity contribution in [1.82, 2.24) is 4.90 Å². The van der Waals surface area contributed by atoms with Crippen molar-refractivity contribution in [3.63, 3.8) is 0 Å². The molecule has 0 aliphatic carbocycles. The van der Waals surface area contributed by atoms with E-state index in [9.17, 15) is 13.2 Å². The van der Waals surface area contributed by atoms with Crippen LogP contribution in [-0.2, 0) is 14.6 Å². The molecule has 1 fully saturated rings. The molecule has 3 rings (SSSR count). The molecule has 0 spiro atoms. The monoisotopic (exact) mass is 413 g/mol. The smallest absolute Gasteiger partial charge is 0.260 e. The van der Waals surface area contributed by atoms with Crippen LogP contribution in [0.3, 0.4) is 0 Å². The van der Waals surface area contributed by atoms with Crippen LogP contribution in [0.4, 0.5) is 0 Å². The number of sulfone groups is 1. The summed E-state index contributed by atoms with van der Waals surface area (Å²) in [5.41, 5.74) is 0. The van der Waals surface area contributed by atoms with Crippen molar-refractivity contribution >= 4 is 38.9 Å². The molecule has 2 aromatic carbocycles. The molecule has 26 heavy (non-hydrogen) atoms. The van der Waals surface area contributed by atoms with Crippen LogP contribution in [0.25, 0.3) is 0 Å². The standard InChI is InChI=1S/C18H17Cl2NO4S/c19-13-1-5-15(6-2-13)25-12-18(22)21-10-9-17(11-21)26(23,24)16-7-3-14(20)4-8-16/h1-8,17H,9-12H2. The van der Waals surface area contributed by atoms with Crippen LogP contribution in [-0.4, -0.2) is 44.2 Å². The third-order valence-electron chi connectivity index (χ3n) is 4.25. The van der Waals surface area contributed by atoms with Gasteiger partial charge in [-0.1, -0.05) is 23.2 Å². The Morgan fingerprint density at radius 1 is 1.04 bits per heavy atom. The summed E-state index contributed by atoms with van der Waals surface area (Å²) in [6.45, 7) is 0.406. The molecule has 1 atom stereocenters. The summed E-state index contributed by atoms with van der Waals surface area (Å²) in [5.74, 6) is 0.293. The Morgan fingerprint density at radius 2 is 1.62 bits per heavy atom. The molecule has 8 heteroatoms. The molecule has 2 aromatic rings. The Hall–Kier alpha value is -1.76. The number of benzene rings is 2. The van der Waals surface area contributed by atoms with Gasteiger partial charge in [0.05, 0.1) is 10.1 Å². The van der Waals surface area contributed by atoms with Gasteiger partial charge in [-0.05, 0) is 55.0 Å². The van der Waals surface area contributed by atoms with Gasteiger partial charge in [0.15, 0.2) is 16.4 Å². The van der Waals surface area contributed by atoms with E-state index in [0.717, 1.165) is 0 Å². The van der Waals surface area contributed by atoms with Crippen LogP contribution < -0.4 is 4.74 Å². The van der Waals surface area contributed by atoms with Crippen molar-refractivity contribution in [3.05, 3.63) is 58.6 Å². The number of ether oxygens (including phenoxy) is 1. The van der Waals surface area contributed by atoms with Gasteiger partial charge in [0.2, 0.25) is 0 Å². The van der Waals surface area contributed by atoms with E-state index >= 15 is 0 Å². The van der Waals surface area contributed by atoms with Crippen molar-refractivity contribution in [2.24, 2.45) is 0 Å². The molecule has 0 radical (unpaired) electrons. The Labute approximate surface area is 162 Å². The zero-order valence-corrected chi connectivity index (χ0v) is 16.1. The van der Waals surface area contributed by atoms with E-state index in [1.807, 2.05) is 0 Å². The van der Waals surface area contributed by atoms with Gasteiger partial charge < -0.3 is 9.64 Å². The molecule has 5 nitrogen and oxygen atoms in total. The maximum Gasteiger partial charge on any atom is 0.260 e. The number of hydrogen-bond acceptors (Lipinski definition) is 4. The lowest BCUT2D eigenvalue weighted by Gasteiger charge is -2.17. The van der Waals surface area contributed by atoms with E-state index in [1.54, 1.807) is 36.4 Å². The van der Waals surface area contributed by atoms with Crippen LogP contribution in [0.5, 0.6) is 5.75 Å². The first kappa shape index (κ1) is 19.0. The lowest BCUT2D eigenvalue weighted by atomic mass is 10.3. The molecule has 0 N–H and O–H groups in total. The Kier molecular flexibility index (Phi) is 5.75. The van der Waals surface area contributed by atoms with Gasteiger partial charge >= 0.3 is 0 Å². The summed E-state index contributed by atoms with van der Waals surface area (Å²) in [6, 6.07) is 12.8. The molecule has 1 aliphatic rings. The highest BCUT2D eigenvalue weighted by molar-refractivity contribution is 7.92. The van der Waals surface area contributed by atoms with Crippen LogP contribution in [0.2, 0.25) is 10.0 Å². The number of halogens is 2. The van der Waals surface area contributed by atoms with Gasteiger partial charge in [-0.3, -0.25) is 4.79 Å². The summed E-state index contributed by atoms with van der Waals surface area (Å²) >= 11 is 11.6. The maximum absolute atomic E-state index is 12.7. The molecular weight excluding hydrogens is 397 g/mol. The van der Waals surface area contributed by atoms with Gasteiger partial charge in [0.25, 0.3) is 5.91 Å². The summed E-state index contributed by atoms with van der Waals surface area (Å²) < 4.78 is 30.8. The maximum atomic E-state index is 12.7. The Balaban J connectivity index is 1.59. The minimum atomic E-state index is -3.50. The average Bonchev–Trinajstić information content (AvgIpc) is 3.12. The van der Waals surface area contributed by atoms with Crippen molar-refractivity contribution < 1.29 is 17.9 Å². The number of carbonyl (C=O) groups excluding carboxylic acids is 1. The molecule has 138 valence electrons. The lowest BCUT2D eigenvalue weighted by molar-refractivity contribution is -0.132. The fraction of sp³-hybridized carbons (Fsp3) is 0.278. The molecule has 0 bridgehead atoms. The van der Waals surface area contributed by atoms with Crippen molar-refractivity contribution in [2.45, 2.75) is 16.6 Å². The predicted octanol–water partition coefficient (Wildman–Crippen LogP) is 3.45. The van der Waals surface area contributed by atoms with Gasteiger partial charge in [0, 0.05) is 23.1 Å². The van der Waals surface area contributed by atoms with Crippen molar-refractivity contribution in [2.75, 3.05) is 19.7 Å². The lowest BCUT2D eigenvalue weighted by Crippen LogP contribution is -2.35. The van der Waals surface area contributed by atoms with Gasteiger partial charge in [0.1, 0.15) is 5.75 Å². The van der Waals surface area contributed by atoms with Gasteiger partial charge in [-0.2, -0.15) is 0 Å². The number of amides is 1. The highest BCUT2D eigenvalue weighted by Crippen LogP contribution is 2.25. The first-order valence-corrected chi connectivity index (χ1v) is 10.3. The molecule has 1 saturated heterocycles. The molecule has 1 heterocycles. The third kappa shape index (κ3) is 4.31. The predicted molar refractivity (Wildman–Crippen MR) is 101 cm³/mol. The van der Waals surface area contributed by atoms with Crippen molar-refractivity contribution in [3.8, 4) is 5.75 Å². The summed E-state index contributed by atoms with van der Waals surface area (Å²) in [7, 11) is -3.50. The average molecular weight is 414 g/mol. The first-order chi connectivity index (χ1) is 12.4. The van der Waals surface area contributed by atoms with Crippen LogP contribution in [0.1, 0.15) is 6.42 Å². The number of rotatable bonds is 5. The minimum Gasteiger partial charge on any atom is -0.484 e. The third-order valence-corrected chi connectivity index (χ3v) is 6.95. The first-order valence-electron chi connectivity index (χ1n) is 8.02. The van der Waals surface area contributed by atoms with Gasteiger partial charge in [-0.15, -0.1) is 0 Å². The second-order valence-electron chi connectivity index (χ2n) is 5.99. The SMILES string of the molecule is O=C(COc1ccc(Cl)cc1)N1CCC(S(=O)(=O)c2ccc(Cl)cc2)C1. The number of carbonyl (C=O) groups is 1. The number of nitrogens with zero attached hydrogens (tertiary/aromatic N) is 1. The fourth-order valence-corrected chi connectivity index (χ4v) is 4.74. The van der Waals surface area contributed by atoms with E-state index in [4.69, 9.17) is 27.9 Å². The van der Waals surface area contributed by atoms with E-state index in [0.29, 0.717) is 28.8 Å². The van der Waals surface area contributed by atoms with E-state index in [1.165, 1.54) is 17.0 Å². The molecule has 0 aromatic heterocycles. The van der Waals surface area contributed by atoms with E-state index in [-0.39, 0.29) is 24.0 Å². The fourth-order valence-electron chi connectivity index (χ4n) is 2.79. The summed E-state index contributed by atoms with van der Waals surface area (Å²) in [4.78, 5) is 14.0. The zero-order chi connectivity index (χ0) is 18.7. The molecule has 0 saturated carbocycles. The Morgan fingerprint density at radius 3 is 2.23 bits per heavy atom. The highest BCUT2D eigenvalue weighted by Gasteiger charge is 2.36. The Bertz CT molecular complexity index is 882. The normalized spacial score (nSPS) is 17.3. The van der Waals surface area contributed by atoms with Crippen LogP contribution in [0, 0.1) is 0 Å². The molecule has 1 unspecified atom stereocenters. The quantitative estimate of drug-likeness (QED) is 0.752. The van der Waals surface area contributed by atoms with E-state index in [2.05, 4.69) is 0 Å². The van der Waals surface area contributed by atoms with Crippen LogP contribution in [0.15, 0.2) is 53.4 Å². The topological polar surface area (TPSA) is 63.7 Å². The number of likely N-dealkylation sites (tertiary alicyclic amines) is 1. The molecule has 1 amide bonds. The van der Waals surface area contributed by atoms with E-state index < -0.39 is 15.1 Å². The largest absolute Gasteiger partial charge is 0.484 e. The van der Waals surface area contributed by atoms with Gasteiger partial charge in [-0.25, -0.2) is 8.42 Å². The second-order valence-corrected chi connectivity index (χ2v) is 9.09. The van der Waals surface area contributed by atoms with Crippen molar-refractivity contribution in [1.29, 1.82) is 0 Å². The minimum absolute atomic E-state index is 0.144. The molecular formula is C18H17Cl2NO4S. The zero-order valence-electron chi connectivity index (χ0n) is 13.8. The highest BCUT2D eigenvalue weighted by atomic mass is 35.5. The molecule has 1 aliphatic heterocycles. The summed E-state index contributed by atoms with van der Waals surface area (Å²) in [6.07, 6.45) is 0.400. The summed E-state index contributed by atoms with van der Waals surface area (Å²) in [5, 5.41) is 0.438. The van der Waals surface area contributed by atoms with Crippen LogP contribution >= 0.6 is 23.2 Å².